The first-order valence-electron chi connectivity index (χ1n) is 8.01. The monoisotopic (exact) mass is 399 g/mol. The Morgan fingerprint density at radius 3 is 2.69 bits per heavy atom. The maximum absolute atomic E-state index is 12.8. The molecule has 0 spiro atoms. The molecule has 8 nitrogen and oxygen atoms in total. The normalized spacial score (nSPS) is 27.5. The van der Waals surface area contributed by atoms with Crippen molar-refractivity contribution in [3.05, 3.63) is 34.9 Å². The van der Waals surface area contributed by atoms with E-state index in [9.17, 15) is 22.8 Å². The van der Waals surface area contributed by atoms with Gasteiger partial charge in [-0.05, 0) is 19.4 Å². The number of hydrogen-bond donors (Lipinski definition) is 2. The summed E-state index contributed by atoms with van der Waals surface area (Å²) in [5.41, 5.74) is -0.934. The number of nitrogens with one attached hydrogen (secondary N) is 2. The molecule has 1 aromatic carbocycles. The van der Waals surface area contributed by atoms with Gasteiger partial charge >= 0.3 is 6.03 Å². The van der Waals surface area contributed by atoms with E-state index in [1.54, 1.807) is 24.3 Å². The molecule has 2 fully saturated rings. The maximum atomic E-state index is 12.8. The Morgan fingerprint density at radius 1 is 1.38 bits per heavy atom. The predicted molar refractivity (Wildman–Crippen MR) is 94.3 cm³/mol. The Bertz CT molecular complexity index is 888. The van der Waals surface area contributed by atoms with E-state index in [2.05, 4.69) is 10.6 Å². The Kier molecular flexibility index (Phi) is 4.70. The second-order valence-electron chi connectivity index (χ2n) is 6.59. The summed E-state index contributed by atoms with van der Waals surface area (Å²) in [5.74, 6) is -1.29. The van der Waals surface area contributed by atoms with Gasteiger partial charge in [0.1, 0.15) is 12.1 Å². The summed E-state index contributed by atoms with van der Waals surface area (Å²) in [6.07, 6.45) is 0.325. The molecule has 2 heterocycles. The first-order chi connectivity index (χ1) is 12.1. The van der Waals surface area contributed by atoms with Gasteiger partial charge in [-0.3, -0.25) is 14.5 Å². The van der Waals surface area contributed by atoms with Crippen LogP contribution >= 0.6 is 11.6 Å². The van der Waals surface area contributed by atoms with Crippen molar-refractivity contribution in [2.24, 2.45) is 0 Å². The molecule has 2 saturated heterocycles. The number of benzene rings is 1. The lowest BCUT2D eigenvalue weighted by molar-refractivity contribution is -0.135. The highest BCUT2D eigenvalue weighted by molar-refractivity contribution is 7.91. The molecular weight excluding hydrogens is 382 g/mol. The van der Waals surface area contributed by atoms with Crippen molar-refractivity contribution in [1.82, 2.24) is 15.5 Å². The van der Waals surface area contributed by atoms with Crippen LogP contribution in [0.15, 0.2) is 24.3 Å². The van der Waals surface area contributed by atoms with E-state index < -0.39 is 45.8 Å². The highest BCUT2D eigenvalue weighted by atomic mass is 35.5. The van der Waals surface area contributed by atoms with Crippen LogP contribution in [-0.2, 0) is 25.0 Å². The van der Waals surface area contributed by atoms with E-state index >= 15 is 0 Å². The van der Waals surface area contributed by atoms with Gasteiger partial charge in [0.25, 0.3) is 5.91 Å². The van der Waals surface area contributed by atoms with E-state index in [1.165, 1.54) is 6.92 Å². The number of sulfone groups is 1. The molecule has 10 heteroatoms. The van der Waals surface area contributed by atoms with Crippen molar-refractivity contribution in [3.8, 4) is 0 Å². The third-order valence-corrected chi connectivity index (χ3v) is 6.68. The molecule has 0 radical (unpaired) electrons. The molecule has 140 valence electrons. The van der Waals surface area contributed by atoms with Crippen molar-refractivity contribution in [2.45, 2.75) is 24.9 Å². The van der Waals surface area contributed by atoms with Gasteiger partial charge in [0.2, 0.25) is 5.91 Å². The summed E-state index contributed by atoms with van der Waals surface area (Å²) in [4.78, 5) is 38.0. The van der Waals surface area contributed by atoms with E-state index in [4.69, 9.17) is 11.6 Å². The van der Waals surface area contributed by atoms with Crippen LogP contribution in [0.25, 0.3) is 0 Å². The molecular formula is C16H18ClN3O5S. The number of carbonyl (C=O) groups excluding carboxylic acids is 3. The number of amides is 4. The van der Waals surface area contributed by atoms with Crippen LogP contribution in [0.5, 0.6) is 0 Å². The van der Waals surface area contributed by atoms with Crippen LogP contribution in [0.3, 0.4) is 0 Å². The highest BCUT2D eigenvalue weighted by Crippen LogP contribution is 2.33. The number of rotatable bonds is 4. The van der Waals surface area contributed by atoms with Crippen molar-refractivity contribution in [2.75, 3.05) is 18.1 Å². The lowest BCUT2D eigenvalue weighted by Crippen LogP contribution is -2.45. The lowest BCUT2D eigenvalue weighted by atomic mass is 9.92. The number of hydrogen-bond acceptors (Lipinski definition) is 5. The largest absolute Gasteiger partial charge is 0.351 e. The quantitative estimate of drug-likeness (QED) is 0.712. The third-order valence-electron chi connectivity index (χ3n) is 4.59. The molecule has 2 unspecified atom stereocenters. The minimum Gasteiger partial charge on any atom is -0.351 e. The van der Waals surface area contributed by atoms with Gasteiger partial charge in [0.15, 0.2) is 9.84 Å². The molecule has 2 aliphatic rings. The predicted octanol–water partition coefficient (Wildman–Crippen LogP) is 0.410. The van der Waals surface area contributed by atoms with E-state index in [0.29, 0.717) is 17.0 Å². The molecule has 3 rings (SSSR count). The topological polar surface area (TPSA) is 113 Å². The summed E-state index contributed by atoms with van der Waals surface area (Å²) in [6.45, 7) is 1.04. The zero-order chi connectivity index (χ0) is 19.1. The zero-order valence-corrected chi connectivity index (χ0v) is 15.6. The van der Waals surface area contributed by atoms with Crippen molar-refractivity contribution in [3.63, 3.8) is 0 Å². The van der Waals surface area contributed by atoms with Crippen molar-refractivity contribution < 1.29 is 22.8 Å². The molecule has 26 heavy (non-hydrogen) atoms. The van der Waals surface area contributed by atoms with Crippen molar-refractivity contribution >= 4 is 39.3 Å². The fraction of sp³-hybridized carbons (Fsp3) is 0.438. The number of halogens is 1. The van der Waals surface area contributed by atoms with E-state index in [-0.39, 0.29) is 11.5 Å². The molecule has 1 aromatic rings. The minimum absolute atomic E-state index is 0.0195. The summed E-state index contributed by atoms with van der Waals surface area (Å²) in [6, 6.07) is 5.44. The Morgan fingerprint density at radius 2 is 2.08 bits per heavy atom. The second kappa shape index (κ2) is 6.55. The molecule has 0 saturated carbocycles. The number of urea groups is 1. The average molecular weight is 400 g/mol. The molecule has 2 atom stereocenters. The van der Waals surface area contributed by atoms with Gasteiger partial charge in [-0.25, -0.2) is 13.2 Å². The fourth-order valence-electron chi connectivity index (χ4n) is 3.22. The van der Waals surface area contributed by atoms with Gasteiger partial charge in [0, 0.05) is 16.6 Å². The first-order valence-corrected chi connectivity index (χ1v) is 10.2. The smallest absolute Gasteiger partial charge is 0.325 e. The van der Waals surface area contributed by atoms with Crippen LogP contribution in [0.4, 0.5) is 4.79 Å². The Hall–Kier alpha value is -2.13. The van der Waals surface area contributed by atoms with E-state index in [1.807, 2.05) is 0 Å². The standard InChI is InChI=1S/C16H18ClN3O5S/c1-16(11-4-2-3-5-12(11)17)14(22)20(15(23)19-16)8-13(21)18-10-6-7-26(24,25)9-10/h2-5,10H,6-9H2,1H3,(H,18,21)(H,19,23). The van der Waals surface area contributed by atoms with Gasteiger partial charge < -0.3 is 10.6 Å². The van der Waals surface area contributed by atoms with Crippen LogP contribution in [0, 0.1) is 0 Å². The lowest BCUT2D eigenvalue weighted by Gasteiger charge is -2.23. The second-order valence-corrected chi connectivity index (χ2v) is 9.23. The fourth-order valence-corrected chi connectivity index (χ4v) is 5.21. The van der Waals surface area contributed by atoms with E-state index in [0.717, 1.165) is 4.90 Å². The van der Waals surface area contributed by atoms with Gasteiger partial charge in [-0.1, -0.05) is 29.8 Å². The first kappa shape index (κ1) is 18.7. The summed E-state index contributed by atoms with van der Waals surface area (Å²) in [7, 11) is -3.14. The number of carbonyl (C=O) groups is 3. The highest BCUT2D eigenvalue weighted by Gasteiger charge is 2.50. The maximum Gasteiger partial charge on any atom is 0.325 e. The van der Waals surface area contributed by atoms with Gasteiger partial charge in [0.05, 0.1) is 11.5 Å². The third kappa shape index (κ3) is 3.41. The summed E-state index contributed by atoms with van der Waals surface area (Å²) < 4.78 is 22.9. The SMILES string of the molecule is CC1(c2ccccc2Cl)NC(=O)N(CC(=O)NC2CCS(=O)(=O)C2)C1=O. The average Bonchev–Trinajstić information content (AvgIpc) is 2.99. The van der Waals surface area contributed by atoms with Crippen LogP contribution in [0.2, 0.25) is 5.02 Å². The van der Waals surface area contributed by atoms with Crippen LogP contribution in [0.1, 0.15) is 18.9 Å². The van der Waals surface area contributed by atoms with Gasteiger partial charge in [-0.15, -0.1) is 0 Å². The van der Waals surface area contributed by atoms with Gasteiger partial charge in [-0.2, -0.15) is 0 Å². The minimum atomic E-state index is -3.14. The molecule has 0 aliphatic carbocycles. The molecule has 2 aliphatic heterocycles. The van der Waals surface area contributed by atoms with Crippen molar-refractivity contribution in [1.29, 1.82) is 0 Å². The van der Waals surface area contributed by atoms with Crippen LogP contribution in [-0.4, -0.2) is 55.3 Å². The Balaban J connectivity index is 1.72. The zero-order valence-electron chi connectivity index (χ0n) is 14.0. The summed E-state index contributed by atoms with van der Waals surface area (Å²) in [5, 5.41) is 5.46. The summed E-state index contributed by atoms with van der Waals surface area (Å²) >= 11 is 6.14. The number of nitrogens with zero attached hydrogens (tertiary/aromatic N) is 1. The Labute approximate surface area is 155 Å². The number of imide groups is 1. The molecule has 0 bridgehead atoms. The molecule has 2 N–H and O–H groups in total. The molecule has 4 amide bonds. The molecule has 0 aromatic heterocycles. The van der Waals surface area contributed by atoms with Crippen LogP contribution < -0.4 is 10.6 Å².